The minimum atomic E-state index is -0.886. The Bertz CT molecular complexity index is 1190. The maximum absolute atomic E-state index is 13.2. The molecule has 2 aromatic rings. The number of rotatable bonds is 5. The summed E-state index contributed by atoms with van der Waals surface area (Å²) >= 11 is 7.17. The molecule has 3 N–H and O–H groups in total. The molecule has 2 aromatic heterocycles. The molecule has 1 aliphatic carbocycles. The monoisotopic (exact) mass is 547 g/mol. The van der Waals surface area contributed by atoms with Crippen molar-refractivity contribution >= 4 is 52.4 Å². The van der Waals surface area contributed by atoms with Gasteiger partial charge in [0.25, 0.3) is 5.91 Å². The van der Waals surface area contributed by atoms with Crippen LogP contribution < -0.4 is 16.0 Å². The van der Waals surface area contributed by atoms with Gasteiger partial charge in [-0.1, -0.05) is 11.6 Å². The molecule has 198 valence electrons. The first kappa shape index (κ1) is 27.0. The summed E-state index contributed by atoms with van der Waals surface area (Å²) in [6, 6.07) is 1.95. The topological polar surface area (TPSA) is 137 Å². The highest BCUT2D eigenvalue weighted by Gasteiger charge is 2.37. The van der Waals surface area contributed by atoms with Crippen LogP contribution in [0.15, 0.2) is 18.3 Å². The van der Waals surface area contributed by atoms with Crippen LogP contribution in [0.25, 0.3) is 0 Å². The zero-order valence-corrected chi connectivity index (χ0v) is 22.5. The Balaban J connectivity index is 1.45. The number of halogens is 1. The number of hydrogen-bond acceptors (Lipinski definition) is 8. The molecule has 0 bridgehead atoms. The molecule has 11 nitrogen and oxygen atoms in total. The van der Waals surface area contributed by atoms with Crippen molar-refractivity contribution in [3.05, 3.63) is 38.9 Å². The number of carbonyl (C=O) groups is 4. The van der Waals surface area contributed by atoms with E-state index < -0.39 is 23.9 Å². The lowest BCUT2D eigenvalue weighted by molar-refractivity contribution is -0.137. The summed E-state index contributed by atoms with van der Waals surface area (Å²) in [5, 5.41) is 8.91. The number of likely N-dealkylation sites (N-methyl/N-ethyl adjacent to an activating group) is 1. The van der Waals surface area contributed by atoms with Gasteiger partial charge in [0.05, 0.1) is 16.8 Å². The third-order valence-electron chi connectivity index (χ3n) is 6.56. The van der Waals surface area contributed by atoms with Gasteiger partial charge in [0.15, 0.2) is 5.01 Å². The molecule has 4 amide bonds. The van der Waals surface area contributed by atoms with Crippen molar-refractivity contribution in [2.24, 2.45) is 5.92 Å². The van der Waals surface area contributed by atoms with Crippen LogP contribution >= 0.6 is 22.9 Å². The average Bonchev–Trinajstić information content (AvgIpc) is 3.29. The number of aromatic nitrogens is 2. The fourth-order valence-corrected chi connectivity index (χ4v) is 5.80. The van der Waals surface area contributed by atoms with Gasteiger partial charge in [-0.3, -0.25) is 19.2 Å². The minimum Gasteiger partial charge on any atom is -0.349 e. The van der Waals surface area contributed by atoms with Crippen LogP contribution in [-0.2, 0) is 27.3 Å². The number of fused-ring (bicyclic) bond motifs is 1. The summed E-state index contributed by atoms with van der Waals surface area (Å²) < 4.78 is 0. The molecule has 2 aliphatic rings. The Morgan fingerprint density at radius 1 is 1.11 bits per heavy atom. The van der Waals surface area contributed by atoms with Crippen LogP contribution in [-0.4, -0.2) is 83.2 Å². The number of pyridine rings is 1. The number of hydrogen-bond donors (Lipinski definition) is 3. The van der Waals surface area contributed by atoms with E-state index in [9.17, 15) is 19.2 Å². The second-order valence-corrected chi connectivity index (χ2v) is 11.1. The summed E-state index contributed by atoms with van der Waals surface area (Å²) in [4.78, 5) is 64.3. The Labute approximate surface area is 224 Å². The largest absolute Gasteiger partial charge is 0.349 e. The zero-order chi connectivity index (χ0) is 26.7. The summed E-state index contributed by atoms with van der Waals surface area (Å²) in [5.41, 5.74) is 0.940. The smallest absolute Gasteiger partial charge is 0.314 e. The van der Waals surface area contributed by atoms with Crippen LogP contribution in [0.5, 0.6) is 0 Å². The predicted octanol–water partition coefficient (Wildman–Crippen LogP) is 1.29. The first-order valence-electron chi connectivity index (χ1n) is 12.0. The Kier molecular flexibility index (Phi) is 8.40. The molecule has 0 spiro atoms. The fraction of sp³-hybridized carbons (Fsp3) is 0.500. The van der Waals surface area contributed by atoms with Crippen LogP contribution in [0.1, 0.15) is 39.6 Å². The quantitative estimate of drug-likeness (QED) is 0.480. The molecule has 1 unspecified atom stereocenters. The van der Waals surface area contributed by atoms with Crippen molar-refractivity contribution in [1.82, 2.24) is 30.4 Å². The van der Waals surface area contributed by atoms with E-state index in [0.29, 0.717) is 29.3 Å². The van der Waals surface area contributed by atoms with Crippen LogP contribution in [0, 0.1) is 5.92 Å². The van der Waals surface area contributed by atoms with Crippen molar-refractivity contribution in [2.45, 2.75) is 44.3 Å². The SMILES string of the molecule is CN1CCc2nc(C(=O)N[C@H]3CC(C(=O)N(C)C)CC[C@H]3NC(=O)C(=O)Nc3ccc(Cl)cn3)sc2C1. The Hall–Kier alpha value is -3.09. The van der Waals surface area contributed by atoms with E-state index in [-0.39, 0.29) is 23.6 Å². The first-order chi connectivity index (χ1) is 17.6. The van der Waals surface area contributed by atoms with Crippen molar-refractivity contribution in [3.8, 4) is 0 Å². The number of amides is 4. The molecule has 1 aliphatic heterocycles. The zero-order valence-electron chi connectivity index (χ0n) is 20.9. The molecule has 37 heavy (non-hydrogen) atoms. The summed E-state index contributed by atoms with van der Waals surface area (Å²) in [6.45, 7) is 1.63. The van der Waals surface area contributed by atoms with E-state index in [1.165, 1.54) is 28.5 Å². The third-order valence-corrected chi connectivity index (χ3v) is 7.87. The van der Waals surface area contributed by atoms with Crippen LogP contribution in [0.4, 0.5) is 5.82 Å². The standard InChI is InChI=1S/C24H30ClN7O4S/c1-31(2)24(36)13-4-6-15(27-20(33)21(34)30-19-7-5-14(25)11-26-19)17(10-13)28-22(35)23-29-16-8-9-32(3)12-18(16)37-23/h5,7,11,13,15,17H,4,6,8-10,12H2,1-3H3,(H,27,33)(H,28,35)(H,26,30,34)/t13?,15-,17+/m1/s1. The first-order valence-corrected chi connectivity index (χ1v) is 13.2. The van der Waals surface area contributed by atoms with Gasteiger partial charge in [-0.25, -0.2) is 9.97 Å². The van der Waals surface area contributed by atoms with E-state index in [1.54, 1.807) is 20.2 Å². The lowest BCUT2D eigenvalue weighted by Crippen LogP contribution is -2.57. The van der Waals surface area contributed by atoms with Gasteiger partial charge >= 0.3 is 11.8 Å². The lowest BCUT2D eigenvalue weighted by atomic mass is 9.81. The Morgan fingerprint density at radius 3 is 2.59 bits per heavy atom. The van der Waals surface area contributed by atoms with Crippen molar-refractivity contribution in [3.63, 3.8) is 0 Å². The summed E-state index contributed by atoms with van der Waals surface area (Å²) in [6.07, 6.45) is 3.42. The average molecular weight is 548 g/mol. The molecule has 3 atom stereocenters. The highest BCUT2D eigenvalue weighted by Crippen LogP contribution is 2.28. The maximum atomic E-state index is 13.2. The maximum Gasteiger partial charge on any atom is 0.314 e. The van der Waals surface area contributed by atoms with E-state index in [2.05, 4.69) is 30.8 Å². The normalized spacial score (nSPS) is 21.5. The highest BCUT2D eigenvalue weighted by atomic mass is 35.5. The van der Waals surface area contributed by atoms with Gasteiger partial charge < -0.3 is 25.8 Å². The number of carbonyl (C=O) groups excluding carboxylic acids is 4. The van der Waals surface area contributed by atoms with Crippen molar-refractivity contribution < 1.29 is 19.2 Å². The lowest BCUT2D eigenvalue weighted by Gasteiger charge is -2.37. The van der Waals surface area contributed by atoms with Crippen molar-refractivity contribution in [2.75, 3.05) is 33.0 Å². The molecule has 0 saturated heterocycles. The molecule has 1 fully saturated rings. The summed E-state index contributed by atoms with van der Waals surface area (Å²) in [5.74, 6) is -2.25. The second kappa shape index (κ2) is 11.5. The van der Waals surface area contributed by atoms with E-state index in [1.807, 2.05) is 7.05 Å². The van der Waals surface area contributed by atoms with Gasteiger partial charge in [-0.15, -0.1) is 11.3 Å². The fourth-order valence-electron chi connectivity index (χ4n) is 4.60. The Morgan fingerprint density at radius 2 is 1.89 bits per heavy atom. The van der Waals surface area contributed by atoms with Crippen LogP contribution in [0.2, 0.25) is 5.02 Å². The minimum absolute atomic E-state index is 0.0386. The number of thiazole rings is 1. The second-order valence-electron chi connectivity index (χ2n) is 9.60. The number of anilines is 1. The van der Waals surface area contributed by atoms with E-state index in [4.69, 9.17) is 11.6 Å². The van der Waals surface area contributed by atoms with E-state index >= 15 is 0 Å². The predicted molar refractivity (Wildman–Crippen MR) is 139 cm³/mol. The van der Waals surface area contributed by atoms with Gasteiger partial charge in [-0.05, 0) is 38.4 Å². The molecule has 3 heterocycles. The number of nitrogens with zero attached hydrogens (tertiary/aromatic N) is 4. The molecule has 4 rings (SSSR count). The molecule has 0 radical (unpaired) electrons. The molecule has 1 saturated carbocycles. The van der Waals surface area contributed by atoms with Gasteiger partial charge in [0.1, 0.15) is 5.82 Å². The third kappa shape index (κ3) is 6.62. The molecule has 0 aromatic carbocycles. The van der Waals surface area contributed by atoms with Crippen LogP contribution in [0.3, 0.4) is 0 Å². The van der Waals surface area contributed by atoms with Gasteiger partial charge in [-0.2, -0.15) is 0 Å². The molecular formula is C24H30ClN7O4S. The number of nitrogens with one attached hydrogen (secondary N) is 3. The van der Waals surface area contributed by atoms with E-state index in [0.717, 1.165) is 30.1 Å². The van der Waals surface area contributed by atoms with Gasteiger partial charge in [0, 0.05) is 56.6 Å². The van der Waals surface area contributed by atoms with Crippen molar-refractivity contribution in [1.29, 1.82) is 0 Å². The molecule has 13 heteroatoms. The summed E-state index contributed by atoms with van der Waals surface area (Å²) in [7, 11) is 5.41. The molecular weight excluding hydrogens is 518 g/mol. The van der Waals surface area contributed by atoms with Gasteiger partial charge in [0.2, 0.25) is 5.91 Å². The highest BCUT2D eigenvalue weighted by molar-refractivity contribution is 7.13.